The molecule has 0 amide bonds. The molecule has 0 saturated carbocycles. The van der Waals surface area contributed by atoms with Crippen LogP contribution < -0.4 is 5.32 Å². The second kappa shape index (κ2) is 7.43. The Kier molecular flexibility index (Phi) is 6.20. The van der Waals surface area contributed by atoms with Crippen LogP contribution in [0.15, 0.2) is 12.4 Å². The number of carbonyl (C=O) groups is 1. The van der Waals surface area contributed by atoms with Crippen molar-refractivity contribution >= 4 is 5.97 Å². The molecule has 0 fully saturated rings. The van der Waals surface area contributed by atoms with Gasteiger partial charge in [0.25, 0.3) is 0 Å². The van der Waals surface area contributed by atoms with Gasteiger partial charge in [0.15, 0.2) is 0 Å². The molecule has 1 aromatic heterocycles. The van der Waals surface area contributed by atoms with E-state index in [4.69, 9.17) is 4.74 Å². The maximum absolute atomic E-state index is 12.1. The van der Waals surface area contributed by atoms with E-state index in [1.54, 1.807) is 6.20 Å². The van der Waals surface area contributed by atoms with Gasteiger partial charge in [-0.15, -0.1) is 0 Å². The Morgan fingerprint density at radius 2 is 2.15 bits per heavy atom. The van der Waals surface area contributed by atoms with Gasteiger partial charge in [-0.3, -0.25) is 0 Å². The first-order chi connectivity index (χ1) is 9.39. The maximum Gasteiger partial charge on any atom is 0.329 e. The zero-order valence-corrected chi connectivity index (χ0v) is 13.3. The van der Waals surface area contributed by atoms with E-state index in [0.29, 0.717) is 13.2 Å². The number of carbonyl (C=O) groups excluding carboxylic acids is 1. The Morgan fingerprint density at radius 3 is 2.70 bits per heavy atom. The van der Waals surface area contributed by atoms with Crippen LogP contribution in [0.2, 0.25) is 0 Å². The van der Waals surface area contributed by atoms with E-state index in [9.17, 15) is 4.79 Å². The van der Waals surface area contributed by atoms with Crippen molar-refractivity contribution in [2.24, 2.45) is 0 Å². The summed E-state index contributed by atoms with van der Waals surface area (Å²) in [6.07, 6.45) is 5.28. The molecule has 5 heteroatoms. The lowest BCUT2D eigenvalue weighted by Crippen LogP contribution is -2.36. The first-order valence-electron chi connectivity index (χ1n) is 7.32. The van der Waals surface area contributed by atoms with Crippen LogP contribution in [0.25, 0.3) is 0 Å². The summed E-state index contributed by atoms with van der Waals surface area (Å²) >= 11 is 0. The quantitative estimate of drug-likeness (QED) is 0.781. The Morgan fingerprint density at radius 1 is 1.45 bits per heavy atom. The van der Waals surface area contributed by atoms with Crippen LogP contribution in [0.5, 0.6) is 0 Å². The van der Waals surface area contributed by atoms with Crippen molar-refractivity contribution in [3.05, 3.63) is 18.2 Å². The highest BCUT2D eigenvalue weighted by molar-refractivity contribution is 5.74. The Balaban J connectivity index is 2.86. The third kappa shape index (κ3) is 4.96. The normalized spacial score (nSPS) is 13.2. The van der Waals surface area contributed by atoms with E-state index in [-0.39, 0.29) is 17.6 Å². The molecule has 20 heavy (non-hydrogen) atoms. The summed E-state index contributed by atoms with van der Waals surface area (Å²) in [5.74, 6) is 0.691. The van der Waals surface area contributed by atoms with Crippen LogP contribution in [0.4, 0.5) is 0 Å². The summed E-state index contributed by atoms with van der Waals surface area (Å²) in [4.78, 5) is 16.5. The lowest BCUT2D eigenvalue weighted by atomic mass is 10.1. The molecule has 1 atom stereocenters. The van der Waals surface area contributed by atoms with Crippen molar-refractivity contribution in [3.63, 3.8) is 0 Å². The third-order valence-electron chi connectivity index (χ3n) is 2.98. The fourth-order valence-electron chi connectivity index (χ4n) is 1.99. The molecule has 114 valence electrons. The van der Waals surface area contributed by atoms with E-state index >= 15 is 0 Å². The van der Waals surface area contributed by atoms with Crippen LogP contribution in [0.3, 0.4) is 0 Å². The summed E-state index contributed by atoms with van der Waals surface area (Å²) in [6.45, 7) is 11.3. The topological polar surface area (TPSA) is 56.2 Å². The number of nitrogens with one attached hydrogen (secondary N) is 1. The fourth-order valence-corrected chi connectivity index (χ4v) is 1.99. The van der Waals surface area contributed by atoms with Gasteiger partial charge < -0.3 is 14.6 Å². The molecule has 1 rings (SSSR count). The summed E-state index contributed by atoms with van der Waals surface area (Å²) in [5.41, 5.74) is 0.0148. The lowest BCUT2D eigenvalue weighted by molar-refractivity contribution is -0.147. The standard InChI is InChI=1S/C15H27N3O2/c1-6-8-12(14(19)20-7-2)18-10-9-16-13(18)11-17-15(3,4)5/h9-10,12,17H,6-8,11H2,1-5H3. The van der Waals surface area contributed by atoms with Crippen molar-refractivity contribution in [2.75, 3.05) is 6.61 Å². The summed E-state index contributed by atoms with van der Waals surface area (Å²) in [7, 11) is 0. The second-order valence-electron chi connectivity index (χ2n) is 5.91. The minimum Gasteiger partial charge on any atom is -0.464 e. The van der Waals surface area contributed by atoms with Gasteiger partial charge in [-0.1, -0.05) is 13.3 Å². The predicted molar refractivity (Wildman–Crippen MR) is 79.4 cm³/mol. The maximum atomic E-state index is 12.1. The molecule has 5 nitrogen and oxygen atoms in total. The molecular weight excluding hydrogens is 254 g/mol. The van der Waals surface area contributed by atoms with Crippen LogP contribution in [-0.2, 0) is 16.1 Å². The molecule has 0 radical (unpaired) electrons. The second-order valence-corrected chi connectivity index (χ2v) is 5.91. The number of rotatable bonds is 7. The Labute approximate surface area is 121 Å². The summed E-state index contributed by atoms with van der Waals surface area (Å²) in [5, 5.41) is 3.40. The average molecular weight is 281 g/mol. The molecule has 0 aliphatic carbocycles. The first-order valence-corrected chi connectivity index (χ1v) is 7.32. The van der Waals surface area contributed by atoms with Crippen LogP contribution in [0.1, 0.15) is 59.3 Å². The fraction of sp³-hybridized carbons (Fsp3) is 0.733. The van der Waals surface area contributed by atoms with E-state index in [0.717, 1.165) is 18.7 Å². The number of nitrogens with zero attached hydrogens (tertiary/aromatic N) is 2. The number of hydrogen-bond donors (Lipinski definition) is 1. The van der Waals surface area contributed by atoms with Crippen LogP contribution in [0, 0.1) is 0 Å². The van der Waals surface area contributed by atoms with Gasteiger partial charge in [-0.05, 0) is 34.1 Å². The molecule has 1 heterocycles. The third-order valence-corrected chi connectivity index (χ3v) is 2.98. The number of ether oxygens (including phenoxy) is 1. The molecule has 0 bridgehead atoms. The highest BCUT2D eigenvalue weighted by Gasteiger charge is 2.23. The first kappa shape index (κ1) is 16.7. The Hall–Kier alpha value is -1.36. The lowest BCUT2D eigenvalue weighted by Gasteiger charge is -2.23. The van der Waals surface area contributed by atoms with Gasteiger partial charge in [0.2, 0.25) is 0 Å². The molecule has 0 aliphatic heterocycles. The molecule has 1 aromatic rings. The van der Waals surface area contributed by atoms with Crippen molar-refractivity contribution in [1.29, 1.82) is 0 Å². The largest absolute Gasteiger partial charge is 0.464 e. The minimum absolute atomic E-state index is 0.0148. The van der Waals surface area contributed by atoms with Crippen molar-refractivity contribution in [1.82, 2.24) is 14.9 Å². The van der Waals surface area contributed by atoms with E-state index < -0.39 is 0 Å². The monoisotopic (exact) mass is 281 g/mol. The molecule has 1 N–H and O–H groups in total. The smallest absolute Gasteiger partial charge is 0.329 e. The molecule has 0 aromatic carbocycles. The highest BCUT2D eigenvalue weighted by Crippen LogP contribution is 2.18. The molecular formula is C15H27N3O2. The molecule has 0 aliphatic rings. The van der Waals surface area contributed by atoms with Gasteiger partial charge in [-0.2, -0.15) is 0 Å². The average Bonchev–Trinajstić information content (AvgIpc) is 2.81. The SMILES string of the molecule is CCCC(C(=O)OCC)n1ccnc1CNC(C)(C)C. The summed E-state index contributed by atoms with van der Waals surface area (Å²) in [6, 6.07) is -0.279. The van der Waals surface area contributed by atoms with Gasteiger partial charge >= 0.3 is 5.97 Å². The van der Waals surface area contributed by atoms with Gasteiger partial charge in [-0.25, -0.2) is 9.78 Å². The molecule has 0 spiro atoms. The number of esters is 1. The molecule has 1 unspecified atom stereocenters. The van der Waals surface area contributed by atoms with E-state index in [1.165, 1.54) is 0 Å². The zero-order chi connectivity index (χ0) is 15.2. The number of hydrogen-bond acceptors (Lipinski definition) is 4. The minimum atomic E-state index is -0.279. The number of aromatic nitrogens is 2. The van der Waals surface area contributed by atoms with Crippen LogP contribution >= 0.6 is 0 Å². The Bertz CT molecular complexity index is 421. The van der Waals surface area contributed by atoms with Crippen LogP contribution in [-0.4, -0.2) is 27.7 Å². The van der Waals surface area contributed by atoms with Gasteiger partial charge in [0.05, 0.1) is 13.2 Å². The van der Waals surface area contributed by atoms with E-state index in [2.05, 4.69) is 38.0 Å². The van der Waals surface area contributed by atoms with Crippen molar-refractivity contribution in [2.45, 2.75) is 65.6 Å². The number of imidazole rings is 1. The predicted octanol–water partition coefficient (Wildman–Crippen LogP) is 2.68. The van der Waals surface area contributed by atoms with Crippen molar-refractivity contribution in [3.8, 4) is 0 Å². The molecule has 0 saturated heterocycles. The van der Waals surface area contributed by atoms with Gasteiger partial charge in [0.1, 0.15) is 11.9 Å². The zero-order valence-electron chi connectivity index (χ0n) is 13.3. The summed E-state index contributed by atoms with van der Waals surface area (Å²) < 4.78 is 7.10. The highest BCUT2D eigenvalue weighted by atomic mass is 16.5. The van der Waals surface area contributed by atoms with Crippen molar-refractivity contribution < 1.29 is 9.53 Å². The van der Waals surface area contributed by atoms with E-state index in [1.807, 2.05) is 17.7 Å². The van der Waals surface area contributed by atoms with Gasteiger partial charge in [0, 0.05) is 17.9 Å².